The van der Waals surface area contributed by atoms with Crippen molar-refractivity contribution >= 4 is 22.7 Å². The van der Waals surface area contributed by atoms with Gasteiger partial charge < -0.3 is 9.13 Å². The molecule has 28 heavy (non-hydrogen) atoms. The normalized spacial score (nSPS) is 14.4. The lowest BCUT2D eigenvalue weighted by atomic mass is 10.1. The van der Waals surface area contributed by atoms with Crippen LogP contribution in [0.1, 0.15) is 34.2 Å². The molecule has 8 heteroatoms. The molecular weight excluding hydrogens is 388 g/mol. The summed E-state index contributed by atoms with van der Waals surface area (Å²) < 4.78 is 4.62. The first kappa shape index (κ1) is 16.6. The zero-order valence-electron chi connectivity index (χ0n) is 15.5. The lowest BCUT2D eigenvalue weighted by molar-refractivity contribution is 0.595. The molecule has 0 N–H and O–H groups in total. The number of rotatable bonds is 5. The van der Waals surface area contributed by atoms with Gasteiger partial charge in [0.2, 0.25) is 0 Å². The molecule has 0 atom stereocenters. The zero-order chi connectivity index (χ0) is 18.5. The monoisotopic (exact) mass is 408 g/mol. The van der Waals surface area contributed by atoms with Crippen molar-refractivity contribution < 1.29 is 0 Å². The van der Waals surface area contributed by atoms with E-state index in [4.69, 9.17) is 0 Å². The third-order valence-corrected chi connectivity index (χ3v) is 7.76. The van der Waals surface area contributed by atoms with Crippen LogP contribution in [0.4, 0.5) is 0 Å². The number of hydrogen-bond acceptors (Lipinski definition) is 6. The van der Waals surface area contributed by atoms with Gasteiger partial charge in [-0.1, -0.05) is 0 Å². The summed E-state index contributed by atoms with van der Waals surface area (Å²) in [6.45, 7) is 2.01. The molecular formula is C20H20N6S2. The smallest absolute Gasteiger partial charge is 0.165 e. The fourth-order valence-electron chi connectivity index (χ4n) is 4.37. The number of thiophene rings is 2. The molecule has 6 rings (SSSR count). The molecule has 4 aromatic rings. The average Bonchev–Trinajstić information content (AvgIpc) is 3.49. The maximum atomic E-state index is 4.49. The molecule has 0 amide bonds. The second-order valence-electron chi connectivity index (χ2n) is 7.40. The van der Waals surface area contributed by atoms with Crippen LogP contribution in [0, 0.1) is 0 Å². The van der Waals surface area contributed by atoms with E-state index in [-0.39, 0.29) is 0 Å². The van der Waals surface area contributed by atoms with Crippen LogP contribution in [-0.2, 0) is 38.8 Å². The Hall–Kier alpha value is -2.32. The van der Waals surface area contributed by atoms with Crippen LogP contribution in [0.2, 0.25) is 0 Å². The van der Waals surface area contributed by atoms with Crippen LogP contribution >= 0.6 is 22.7 Å². The van der Waals surface area contributed by atoms with E-state index in [9.17, 15) is 0 Å². The Morgan fingerprint density at radius 2 is 1.21 bits per heavy atom. The Balaban J connectivity index is 1.12. The number of aromatic nitrogens is 6. The summed E-state index contributed by atoms with van der Waals surface area (Å²) in [5, 5.41) is 22.2. The van der Waals surface area contributed by atoms with E-state index in [1.165, 1.54) is 20.9 Å². The topological polar surface area (TPSA) is 61.4 Å². The maximum absolute atomic E-state index is 4.49. The van der Waals surface area contributed by atoms with Gasteiger partial charge >= 0.3 is 0 Å². The van der Waals surface area contributed by atoms with Gasteiger partial charge in [0.25, 0.3) is 0 Å². The molecule has 4 aromatic heterocycles. The summed E-state index contributed by atoms with van der Waals surface area (Å²) in [7, 11) is 0. The fraction of sp³-hybridized carbons (Fsp3) is 0.400. The standard InChI is InChI=1S/C20H20N6S2/c1(3-17-21-23-19-13-7-11-27-15(13)5-9-25(17)19)2-4-18-22-24-20-14-8-12-28-16(14)6-10-26(18)20/h7-8,11-12H,1-6,9-10H2. The van der Waals surface area contributed by atoms with Gasteiger partial charge in [0.15, 0.2) is 11.6 Å². The van der Waals surface area contributed by atoms with Crippen LogP contribution in [-0.4, -0.2) is 29.5 Å². The second kappa shape index (κ2) is 6.63. The average molecular weight is 409 g/mol. The molecule has 142 valence electrons. The maximum Gasteiger partial charge on any atom is 0.165 e. The molecule has 6 heterocycles. The lowest BCUT2D eigenvalue weighted by Gasteiger charge is -2.16. The lowest BCUT2D eigenvalue weighted by Crippen LogP contribution is -2.13. The van der Waals surface area contributed by atoms with Gasteiger partial charge in [0.1, 0.15) is 11.6 Å². The van der Waals surface area contributed by atoms with E-state index in [1.54, 1.807) is 0 Å². The van der Waals surface area contributed by atoms with Gasteiger partial charge in [-0.25, -0.2) is 0 Å². The second-order valence-corrected chi connectivity index (χ2v) is 9.41. The quantitative estimate of drug-likeness (QED) is 0.468. The highest BCUT2D eigenvalue weighted by atomic mass is 32.1. The summed E-state index contributed by atoms with van der Waals surface area (Å²) in [5.74, 6) is 4.35. The van der Waals surface area contributed by atoms with E-state index in [0.29, 0.717) is 0 Å². The van der Waals surface area contributed by atoms with Crippen LogP contribution in [0.3, 0.4) is 0 Å². The highest BCUT2D eigenvalue weighted by molar-refractivity contribution is 7.10. The van der Waals surface area contributed by atoms with Gasteiger partial charge in [-0.05, 0) is 35.7 Å². The Bertz CT molecular complexity index is 1060. The number of aryl methyl sites for hydroxylation is 4. The molecule has 0 aromatic carbocycles. The van der Waals surface area contributed by atoms with Crippen molar-refractivity contribution in [3.63, 3.8) is 0 Å². The third-order valence-electron chi connectivity index (χ3n) is 5.80. The van der Waals surface area contributed by atoms with Gasteiger partial charge in [-0.15, -0.1) is 43.1 Å². The summed E-state index contributed by atoms with van der Waals surface area (Å²) in [6.07, 6.45) is 6.34. The van der Waals surface area contributed by atoms with Crippen molar-refractivity contribution in [1.82, 2.24) is 29.5 Å². The van der Waals surface area contributed by atoms with Crippen LogP contribution < -0.4 is 0 Å². The number of unbranched alkanes of at least 4 members (excludes halogenated alkanes) is 1. The number of fused-ring (bicyclic) bond motifs is 6. The van der Waals surface area contributed by atoms with Gasteiger partial charge in [-0.2, -0.15) is 0 Å². The molecule has 0 radical (unpaired) electrons. The summed E-state index contributed by atoms with van der Waals surface area (Å²) in [5.41, 5.74) is 2.55. The summed E-state index contributed by atoms with van der Waals surface area (Å²) in [6, 6.07) is 4.35. The van der Waals surface area contributed by atoms with Crippen molar-refractivity contribution in [3.05, 3.63) is 44.3 Å². The van der Waals surface area contributed by atoms with Crippen LogP contribution in [0.5, 0.6) is 0 Å². The van der Waals surface area contributed by atoms with Crippen LogP contribution in [0.25, 0.3) is 22.8 Å². The molecule has 0 saturated heterocycles. The highest BCUT2D eigenvalue weighted by Crippen LogP contribution is 2.33. The van der Waals surface area contributed by atoms with E-state index in [0.717, 1.165) is 74.9 Å². The van der Waals surface area contributed by atoms with E-state index < -0.39 is 0 Å². The molecule has 0 spiro atoms. The largest absolute Gasteiger partial charge is 0.311 e. The minimum absolute atomic E-state index is 0.974. The molecule has 0 fully saturated rings. The van der Waals surface area contributed by atoms with Crippen molar-refractivity contribution in [2.24, 2.45) is 0 Å². The molecule has 0 aliphatic carbocycles. The minimum Gasteiger partial charge on any atom is -0.311 e. The van der Waals surface area contributed by atoms with E-state index in [2.05, 4.69) is 52.4 Å². The van der Waals surface area contributed by atoms with Crippen LogP contribution in [0.15, 0.2) is 22.9 Å². The molecule has 0 unspecified atom stereocenters. The first-order chi connectivity index (χ1) is 13.9. The Labute approximate surface area is 170 Å². The summed E-state index contributed by atoms with van der Waals surface area (Å²) >= 11 is 3.66. The van der Waals surface area contributed by atoms with E-state index >= 15 is 0 Å². The molecule has 2 aliphatic rings. The van der Waals surface area contributed by atoms with Gasteiger partial charge in [0, 0.05) is 59.7 Å². The number of hydrogen-bond donors (Lipinski definition) is 0. The Kier molecular flexibility index (Phi) is 3.94. The first-order valence-corrected chi connectivity index (χ1v) is 11.6. The van der Waals surface area contributed by atoms with Crippen molar-refractivity contribution in [2.75, 3.05) is 0 Å². The first-order valence-electron chi connectivity index (χ1n) is 9.86. The Morgan fingerprint density at radius 3 is 1.71 bits per heavy atom. The minimum atomic E-state index is 0.974. The molecule has 6 nitrogen and oxygen atoms in total. The SMILES string of the molecule is c1cc2c(s1)CCn1c(CCCCc3nnc4n3CCc3sccc3-4)nnc1-2. The fourth-order valence-corrected chi connectivity index (χ4v) is 6.10. The van der Waals surface area contributed by atoms with Crippen molar-refractivity contribution in [2.45, 2.75) is 51.6 Å². The molecule has 0 bridgehead atoms. The van der Waals surface area contributed by atoms with Crippen molar-refractivity contribution in [3.8, 4) is 22.8 Å². The predicted octanol–water partition coefficient (Wildman–Crippen LogP) is 4.00. The highest BCUT2D eigenvalue weighted by Gasteiger charge is 2.23. The third kappa shape index (κ3) is 2.58. The van der Waals surface area contributed by atoms with Crippen molar-refractivity contribution in [1.29, 1.82) is 0 Å². The molecule has 2 aliphatic heterocycles. The van der Waals surface area contributed by atoms with E-state index in [1.807, 2.05) is 22.7 Å². The zero-order valence-corrected chi connectivity index (χ0v) is 17.1. The number of nitrogens with zero attached hydrogens (tertiary/aromatic N) is 6. The predicted molar refractivity (Wildman–Crippen MR) is 111 cm³/mol. The summed E-state index contributed by atoms with van der Waals surface area (Å²) in [4.78, 5) is 2.88. The Morgan fingerprint density at radius 1 is 0.714 bits per heavy atom. The van der Waals surface area contributed by atoms with Gasteiger partial charge in [0.05, 0.1) is 0 Å². The molecule has 0 saturated carbocycles. The van der Waals surface area contributed by atoms with Gasteiger partial charge in [-0.3, -0.25) is 0 Å².